The molecule has 0 radical (unpaired) electrons. The molecule has 4 heterocycles. The molecule has 7 rings (SSSR count). The third-order valence-corrected chi connectivity index (χ3v) is 11.1. The van der Waals surface area contributed by atoms with E-state index in [1.54, 1.807) is 34.0 Å². The number of hydrogen-bond donors (Lipinski definition) is 0. The number of amides is 1. The Labute approximate surface area is 277 Å². The van der Waals surface area contributed by atoms with Crippen molar-refractivity contribution in [1.29, 1.82) is 0 Å². The summed E-state index contributed by atoms with van der Waals surface area (Å²) in [5.41, 5.74) is 2.50. The van der Waals surface area contributed by atoms with E-state index in [-0.39, 0.29) is 11.5 Å². The number of hydrogen-bond acceptors (Lipinski definition) is 9. The number of carbonyl (C=O) groups excluding carboxylic acids is 1. The molecule has 3 aromatic carbocycles. The van der Waals surface area contributed by atoms with Crippen LogP contribution >= 0.6 is 34.4 Å². The van der Waals surface area contributed by atoms with Gasteiger partial charge in [0.1, 0.15) is 17.6 Å². The fraction of sp³-hybridized carbons (Fsp3) is 0.200. The summed E-state index contributed by atoms with van der Waals surface area (Å²) in [5.74, 6) is 0.992. The SMILES string of the molecule is CCN(CC)C(=O)C1=C(C)N=c2s/c(=C/c3ccc(Sc4nc5ccccc5s4)o3)c(=O)n2[C@H]1c1c(OC)ccc2ccccc12. The Balaban J connectivity index is 1.36. The van der Waals surface area contributed by atoms with E-state index in [2.05, 4.69) is 4.98 Å². The molecule has 1 aliphatic rings. The highest BCUT2D eigenvalue weighted by Crippen LogP contribution is 2.41. The van der Waals surface area contributed by atoms with Gasteiger partial charge >= 0.3 is 0 Å². The van der Waals surface area contributed by atoms with Gasteiger partial charge in [-0.1, -0.05) is 53.8 Å². The minimum absolute atomic E-state index is 0.150. The molecule has 0 fully saturated rings. The lowest BCUT2D eigenvalue weighted by atomic mass is 9.90. The molecule has 3 aromatic heterocycles. The van der Waals surface area contributed by atoms with Crippen molar-refractivity contribution in [3.8, 4) is 5.75 Å². The van der Waals surface area contributed by atoms with Crippen molar-refractivity contribution in [3.63, 3.8) is 0 Å². The van der Waals surface area contributed by atoms with Crippen LogP contribution in [0.3, 0.4) is 0 Å². The van der Waals surface area contributed by atoms with Crippen LogP contribution in [0, 0.1) is 0 Å². The van der Waals surface area contributed by atoms with Gasteiger partial charge in [0, 0.05) is 24.7 Å². The Morgan fingerprint density at radius 3 is 2.61 bits per heavy atom. The topological polar surface area (TPSA) is 89.9 Å². The molecule has 0 spiro atoms. The summed E-state index contributed by atoms with van der Waals surface area (Å²) in [6.45, 7) is 6.81. The van der Waals surface area contributed by atoms with Crippen molar-refractivity contribution in [2.24, 2.45) is 4.99 Å². The highest BCUT2D eigenvalue weighted by atomic mass is 32.2. The van der Waals surface area contributed by atoms with Crippen LogP contribution in [0.5, 0.6) is 5.75 Å². The standard InChI is InChI=1S/C35H30N4O4S3/c1-5-38(6-2)33(41)29-20(3)36-34-39(31(29)30-23-12-8-7-11-21(23)15-17-25(30)42-4)32(40)27(44-34)19-22-16-18-28(43-22)46-35-37-24-13-9-10-14-26(24)45-35/h7-19,31H,5-6H2,1-4H3/b27-19+/t31-/m1/s1. The monoisotopic (exact) mass is 666 g/mol. The molecule has 46 heavy (non-hydrogen) atoms. The molecule has 8 nitrogen and oxygen atoms in total. The minimum atomic E-state index is -0.741. The first-order valence-corrected chi connectivity index (χ1v) is 17.4. The number of aromatic nitrogens is 2. The summed E-state index contributed by atoms with van der Waals surface area (Å²) in [5, 5.41) is 2.57. The summed E-state index contributed by atoms with van der Waals surface area (Å²) in [4.78, 5) is 40.3. The molecule has 1 aliphatic heterocycles. The zero-order valence-electron chi connectivity index (χ0n) is 25.6. The summed E-state index contributed by atoms with van der Waals surface area (Å²) >= 11 is 4.34. The Morgan fingerprint density at radius 1 is 1.04 bits per heavy atom. The molecule has 1 amide bonds. The highest BCUT2D eigenvalue weighted by molar-refractivity contribution is 8.01. The summed E-state index contributed by atoms with van der Waals surface area (Å²) in [6.07, 6.45) is 1.74. The number of rotatable bonds is 8. The van der Waals surface area contributed by atoms with Crippen LogP contribution in [0.25, 0.3) is 27.1 Å². The van der Waals surface area contributed by atoms with Gasteiger partial charge in [-0.15, -0.1) is 11.3 Å². The first-order chi connectivity index (χ1) is 22.4. The number of allylic oxidation sites excluding steroid dienone is 1. The van der Waals surface area contributed by atoms with E-state index in [1.165, 1.54) is 23.1 Å². The zero-order chi connectivity index (χ0) is 31.9. The van der Waals surface area contributed by atoms with Crippen LogP contribution in [-0.2, 0) is 4.79 Å². The Morgan fingerprint density at radius 2 is 1.83 bits per heavy atom. The van der Waals surface area contributed by atoms with Crippen LogP contribution in [0.15, 0.2) is 108 Å². The Bertz CT molecular complexity index is 2310. The van der Waals surface area contributed by atoms with Crippen LogP contribution in [0.1, 0.15) is 38.1 Å². The molecule has 6 aromatic rings. The number of nitrogens with zero attached hydrogens (tertiary/aromatic N) is 4. The van der Waals surface area contributed by atoms with Crippen LogP contribution in [-0.4, -0.2) is 40.6 Å². The molecular formula is C35H30N4O4S3. The van der Waals surface area contributed by atoms with Crippen molar-refractivity contribution >= 4 is 67.4 Å². The van der Waals surface area contributed by atoms with Crippen molar-refractivity contribution in [2.75, 3.05) is 20.2 Å². The van der Waals surface area contributed by atoms with Gasteiger partial charge < -0.3 is 14.1 Å². The van der Waals surface area contributed by atoms with Gasteiger partial charge in [-0.05, 0) is 73.6 Å². The average molecular weight is 667 g/mol. The molecule has 0 unspecified atom stereocenters. The molecule has 1 atom stereocenters. The van der Waals surface area contributed by atoms with E-state index >= 15 is 0 Å². The largest absolute Gasteiger partial charge is 0.496 e. The minimum Gasteiger partial charge on any atom is -0.496 e. The van der Waals surface area contributed by atoms with E-state index in [0.717, 1.165) is 30.9 Å². The number of benzene rings is 3. The zero-order valence-corrected chi connectivity index (χ0v) is 28.1. The number of furan rings is 1. The second kappa shape index (κ2) is 12.4. The van der Waals surface area contributed by atoms with Crippen molar-refractivity contribution < 1.29 is 13.9 Å². The summed E-state index contributed by atoms with van der Waals surface area (Å²) in [6, 6.07) is 22.8. The number of ether oxygens (including phenoxy) is 1. The maximum atomic E-state index is 14.4. The second-order valence-corrected chi connectivity index (χ2v) is 14.0. The lowest BCUT2D eigenvalue weighted by molar-refractivity contribution is -0.127. The molecule has 0 saturated carbocycles. The maximum Gasteiger partial charge on any atom is 0.271 e. The van der Waals surface area contributed by atoms with Gasteiger partial charge in [0.05, 0.1) is 33.1 Å². The first kappa shape index (κ1) is 30.2. The van der Waals surface area contributed by atoms with E-state index in [1.807, 2.05) is 93.6 Å². The van der Waals surface area contributed by atoms with E-state index < -0.39 is 6.04 Å². The van der Waals surface area contributed by atoms with Gasteiger partial charge in [0.25, 0.3) is 11.5 Å². The van der Waals surface area contributed by atoms with Gasteiger partial charge in [-0.2, -0.15) is 0 Å². The number of likely N-dealkylation sites (N-methyl/N-ethyl adjacent to an activating group) is 1. The average Bonchev–Trinajstić information content (AvgIpc) is 3.77. The third kappa shape index (κ3) is 5.28. The molecular weight excluding hydrogens is 637 g/mol. The van der Waals surface area contributed by atoms with Gasteiger partial charge in [0.2, 0.25) is 0 Å². The summed E-state index contributed by atoms with van der Waals surface area (Å²) in [7, 11) is 1.61. The number of carbonyl (C=O) groups is 1. The molecule has 0 aliphatic carbocycles. The van der Waals surface area contributed by atoms with Gasteiger partial charge in [-0.25, -0.2) is 9.98 Å². The third-order valence-electron chi connectivity index (χ3n) is 8.06. The molecule has 0 bridgehead atoms. The fourth-order valence-corrected chi connectivity index (χ4v) is 8.86. The van der Waals surface area contributed by atoms with Gasteiger partial charge in [-0.3, -0.25) is 14.2 Å². The lowest BCUT2D eigenvalue weighted by Gasteiger charge is -2.30. The lowest BCUT2D eigenvalue weighted by Crippen LogP contribution is -2.43. The van der Waals surface area contributed by atoms with Crippen LogP contribution in [0.4, 0.5) is 0 Å². The predicted octanol–water partition coefficient (Wildman–Crippen LogP) is 6.62. The molecule has 11 heteroatoms. The van der Waals surface area contributed by atoms with Crippen molar-refractivity contribution in [3.05, 3.63) is 115 Å². The number of thiazole rings is 2. The number of para-hydroxylation sites is 1. The quantitative estimate of drug-likeness (QED) is 0.182. The Hall–Kier alpha value is -4.45. The molecule has 232 valence electrons. The summed E-state index contributed by atoms with van der Waals surface area (Å²) < 4.78 is 16.1. The smallest absolute Gasteiger partial charge is 0.271 e. The normalized spacial score (nSPS) is 15.0. The highest BCUT2D eigenvalue weighted by Gasteiger charge is 2.36. The van der Waals surface area contributed by atoms with Crippen molar-refractivity contribution in [2.45, 2.75) is 36.2 Å². The second-order valence-electron chi connectivity index (χ2n) is 10.7. The first-order valence-electron chi connectivity index (χ1n) is 14.9. The Kier molecular flexibility index (Phi) is 8.14. The van der Waals surface area contributed by atoms with E-state index in [0.29, 0.717) is 50.3 Å². The number of methoxy groups -OCH3 is 1. The van der Waals surface area contributed by atoms with Crippen LogP contribution in [0.2, 0.25) is 0 Å². The van der Waals surface area contributed by atoms with Gasteiger partial charge in [0.15, 0.2) is 14.2 Å². The van der Waals surface area contributed by atoms with E-state index in [4.69, 9.17) is 14.1 Å². The predicted molar refractivity (Wildman–Crippen MR) is 185 cm³/mol. The number of fused-ring (bicyclic) bond motifs is 3. The maximum absolute atomic E-state index is 14.4. The molecule has 0 saturated heterocycles. The van der Waals surface area contributed by atoms with E-state index in [9.17, 15) is 9.59 Å². The molecule has 0 N–H and O–H groups in total. The van der Waals surface area contributed by atoms with Crippen molar-refractivity contribution in [1.82, 2.24) is 14.5 Å². The fourth-order valence-electron chi connectivity index (χ4n) is 5.86. The van der Waals surface area contributed by atoms with Crippen LogP contribution < -0.4 is 19.6 Å².